The van der Waals surface area contributed by atoms with E-state index in [2.05, 4.69) is 144 Å². The van der Waals surface area contributed by atoms with E-state index in [1.807, 2.05) is 0 Å². The number of aromatic hydroxyl groups is 2. The fraction of sp³-hybridized carbons (Fsp3) is 0.567. The van der Waals surface area contributed by atoms with Crippen molar-refractivity contribution in [1.82, 2.24) is 4.98 Å². The molecule has 8 aliphatic rings. The fourth-order valence-corrected chi connectivity index (χ4v) is 16.2. The predicted molar refractivity (Wildman–Crippen MR) is 299 cm³/mol. The Balaban J connectivity index is 0.00000199. The SMILES string of the molecule is CCCCOc1cccc(-c2c(O)c(C34CC5CC(CC(C5)C3)C4)cc(C(C)(C)C)c2-c2cccc(-c3c(C(C)(C)C)cc(C45CC6CC(CC(C6)C4)C5)c(O)c3-c3cccc(OCCCC)c3)n2)c1.[CH3][Zr][CH3]. The molecule has 0 radical (unpaired) electrons. The summed E-state index contributed by atoms with van der Waals surface area (Å²) in [5.41, 5.74) is 11.3. The summed E-state index contributed by atoms with van der Waals surface area (Å²) in [5, 5.41) is 26.7. The van der Waals surface area contributed by atoms with E-state index in [1.165, 1.54) is 49.7 Å². The topological polar surface area (TPSA) is 71.8 Å². The predicted octanol–water partition coefficient (Wildman–Crippen LogP) is 18.2. The Hall–Kier alpha value is -3.89. The quantitative estimate of drug-likeness (QED) is 0.108. The molecule has 73 heavy (non-hydrogen) atoms. The molecular weight excluding hydrogens is 974 g/mol. The molecule has 1 heterocycles. The summed E-state index contributed by atoms with van der Waals surface area (Å²) in [6.07, 6.45) is 19.1. The number of rotatable bonds is 14. The molecule has 8 fully saturated rings. The third kappa shape index (κ3) is 10.3. The van der Waals surface area contributed by atoms with E-state index in [1.54, 1.807) is 0 Å². The number of hydrogen-bond acceptors (Lipinski definition) is 5. The van der Waals surface area contributed by atoms with Crippen LogP contribution >= 0.6 is 0 Å². The van der Waals surface area contributed by atoms with E-state index in [0.29, 0.717) is 24.7 Å². The summed E-state index contributed by atoms with van der Waals surface area (Å²) in [5.74, 6) is 6.90. The van der Waals surface area contributed by atoms with Gasteiger partial charge in [0.25, 0.3) is 0 Å². The maximum absolute atomic E-state index is 13.3. The normalized spacial score (nSPS) is 26.7. The van der Waals surface area contributed by atoms with Crippen LogP contribution in [0.15, 0.2) is 78.9 Å². The number of nitrogens with zero attached hydrogens (tertiary/aromatic N) is 1. The monoisotopic (exact) mass is 1060 g/mol. The summed E-state index contributed by atoms with van der Waals surface area (Å²) in [6, 6.07) is 28.3. The third-order valence-corrected chi connectivity index (χ3v) is 18.5. The zero-order valence-electron chi connectivity index (χ0n) is 46.4. The Morgan fingerprint density at radius 3 is 1.15 bits per heavy atom. The number of phenols is 2. The van der Waals surface area contributed by atoms with Crippen LogP contribution in [0.25, 0.3) is 44.8 Å². The molecule has 8 aliphatic carbocycles. The van der Waals surface area contributed by atoms with Gasteiger partial charge in [0.05, 0.1) is 24.6 Å². The first kappa shape index (κ1) is 52.6. The van der Waals surface area contributed by atoms with Gasteiger partial charge in [0.15, 0.2) is 0 Å². The van der Waals surface area contributed by atoms with Gasteiger partial charge in [-0.3, -0.25) is 0 Å². The number of aromatic nitrogens is 1. The van der Waals surface area contributed by atoms with Gasteiger partial charge < -0.3 is 19.7 Å². The second-order valence-corrected chi connectivity index (χ2v) is 28.9. The van der Waals surface area contributed by atoms with Crippen molar-refractivity contribution in [2.24, 2.45) is 35.5 Å². The molecule has 0 aliphatic heterocycles. The van der Waals surface area contributed by atoms with Gasteiger partial charge in [0.2, 0.25) is 0 Å². The average Bonchev–Trinajstić information content (AvgIpc) is 3.32. The van der Waals surface area contributed by atoms with Crippen LogP contribution in [0.1, 0.15) is 180 Å². The minimum absolute atomic E-state index is 0.0299. The van der Waals surface area contributed by atoms with Crippen LogP contribution < -0.4 is 9.47 Å². The molecule has 8 bridgehead atoms. The van der Waals surface area contributed by atoms with Gasteiger partial charge in [-0.2, -0.15) is 0 Å². The van der Waals surface area contributed by atoms with E-state index in [-0.39, 0.29) is 44.9 Å². The molecule has 1 aromatic heterocycles. The standard InChI is InChI=1S/C65H81NO4.2CH3.Zr/c1-9-11-22-69-48-18-13-16-46(30-48)56-58(50(62(3,4)5)32-52(60(56)67)64-34-40-24-41(35-64)26-42(25-40)36-64)54-20-15-21-55(66-54)59-51(63(6,7)8)33-53(65-37-43-27-44(38-65)29-45(28-43)39-65)61(68)57(59)47-17-14-19-49(31-47)70-23-12-10-2;;;/h13-21,30-33,40-45,67-68H,9-12,22-29,34-39H2,1-8H3;2*1H3;. The molecule has 2 N–H and O–H groups in total. The van der Waals surface area contributed by atoms with Crippen molar-refractivity contribution < 1.29 is 42.9 Å². The number of ether oxygens (including phenoxy) is 2. The Bertz CT molecular complexity index is 2540. The van der Waals surface area contributed by atoms with Gasteiger partial charge in [-0.15, -0.1) is 0 Å². The van der Waals surface area contributed by atoms with Crippen LogP contribution in [-0.4, -0.2) is 28.4 Å². The van der Waals surface area contributed by atoms with Crippen LogP contribution in [0.5, 0.6) is 23.0 Å². The third-order valence-electron chi connectivity index (χ3n) is 18.5. The van der Waals surface area contributed by atoms with Crippen molar-refractivity contribution >= 4 is 0 Å². The van der Waals surface area contributed by atoms with Crippen LogP contribution in [0.3, 0.4) is 0 Å². The summed E-state index contributed by atoms with van der Waals surface area (Å²) in [6.45, 7) is 19.7. The summed E-state index contributed by atoms with van der Waals surface area (Å²) < 4.78 is 17.4. The van der Waals surface area contributed by atoms with Gasteiger partial charge in [0.1, 0.15) is 23.0 Å². The van der Waals surface area contributed by atoms with Gasteiger partial charge in [-0.25, -0.2) is 4.98 Å². The second-order valence-electron chi connectivity index (χ2n) is 26.4. The molecule has 5 aromatic rings. The minimum atomic E-state index is -0.278. The molecule has 6 heteroatoms. The number of hydrogen-bond donors (Lipinski definition) is 2. The van der Waals surface area contributed by atoms with Gasteiger partial charge >= 0.3 is 32.5 Å². The van der Waals surface area contributed by atoms with Crippen molar-refractivity contribution in [2.75, 3.05) is 13.2 Å². The Kier molecular flexibility index (Phi) is 15.1. The molecule has 388 valence electrons. The van der Waals surface area contributed by atoms with E-state index < -0.39 is 0 Å². The van der Waals surface area contributed by atoms with Crippen molar-refractivity contribution in [2.45, 2.75) is 189 Å². The first-order chi connectivity index (χ1) is 35.0. The van der Waals surface area contributed by atoms with E-state index in [4.69, 9.17) is 14.5 Å². The van der Waals surface area contributed by atoms with Gasteiger partial charge in [0, 0.05) is 33.4 Å². The summed E-state index contributed by atoms with van der Waals surface area (Å²) >= 11 is 0.230. The summed E-state index contributed by atoms with van der Waals surface area (Å²) in [4.78, 5) is 5.84. The Labute approximate surface area is 451 Å². The molecule has 8 saturated carbocycles. The molecule has 0 amide bonds. The zero-order chi connectivity index (χ0) is 51.5. The molecule has 0 unspecified atom stereocenters. The second kappa shape index (κ2) is 20.9. The molecule has 0 atom stereocenters. The van der Waals surface area contributed by atoms with Crippen LogP contribution in [0, 0.1) is 35.5 Å². The molecule has 4 aromatic carbocycles. The average molecular weight is 1060 g/mol. The number of phenolic OH excluding ortho intramolecular Hbond substituents is 2. The molecule has 0 saturated heterocycles. The van der Waals surface area contributed by atoms with Crippen molar-refractivity contribution in [3.8, 4) is 67.8 Å². The van der Waals surface area contributed by atoms with Crippen LogP contribution in [0.2, 0.25) is 9.26 Å². The first-order valence-corrected chi connectivity index (χ1v) is 33.7. The number of unbranched alkanes of at least 4 members (excludes halogenated alkanes) is 2. The van der Waals surface area contributed by atoms with Crippen molar-refractivity contribution in [1.29, 1.82) is 0 Å². The molecule has 13 rings (SSSR count). The van der Waals surface area contributed by atoms with E-state index in [9.17, 15) is 10.2 Å². The van der Waals surface area contributed by atoms with Crippen LogP contribution in [0.4, 0.5) is 0 Å². The molecule has 0 spiro atoms. The maximum atomic E-state index is 13.3. The summed E-state index contributed by atoms with van der Waals surface area (Å²) in [7, 11) is 0. The van der Waals surface area contributed by atoms with Crippen molar-refractivity contribution in [3.63, 3.8) is 0 Å². The first-order valence-electron chi connectivity index (χ1n) is 28.8. The van der Waals surface area contributed by atoms with Gasteiger partial charge in [-0.05, 0) is 206 Å². The van der Waals surface area contributed by atoms with E-state index >= 15 is 0 Å². The molecule has 5 nitrogen and oxygen atoms in total. The fourth-order valence-electron chi connectivity index (χ4n) is 16.2. The van der Waals surface area contributed by atoms with Crippen molar-refractivity contribution in [3.05, 3.63) is 101 Å². The Morgan fingerprint density at radius 2 is 0.836 bits per heavy atom. The number of benzene rings is 4. The number of pyridine rings is 1. The van der Waals surface area contributed by atoms with Crippen LogP contribution in [-0.2, 0) is 44.9 Å². The van der Waals surface area contributed by atoms with E-state index in [0.717, 1.165) is 167 Å². The molecular formula is C67H87NO4Zr. The zero-order valence-corrected chi connectivity index (χ0v) is 48.8. The Morgan fingerprint density at radius 1 is 0.507 bits per heavy atom. The van der Waals surface area contributed by atoms with Gasteiger partial charge in [-0.1, -0.05) is 111 Å².